The van der Waals surface area contributed by atoms with Crippen molar-refractivity contribution in [2.75, 3.05) is 50.9 Å². The molecule has 0 spiro atoms. The first-order chi connectivity index (χ1) is 28.9. The van der Waals surface area contributed by atoms with Gasteiger partial charge in [0.15, 0.2) is 9.84 Å². The summed E-state index contributed by atoms with van der Waals surface area (Å²) in [5.74, 6) is 3.61. The Kier molecular flexibility index (Phi) is 11.9. The van der Waals surface area contributed by atoms with E-state index in [4.69, 9.17) is 9.47 Å². The predicted molar refractivity (Wildman–Crippen MR) is 241 cm³/mol. The van der Waals surface area contributed by atoms with E-state index >= 15 is 0 Å². The quantitative estimate of drug-likeness (QED) is 0.172. The Labute approximate surface area is 367 Å². The number of aromatic nitrogens is 1. The van der Waals surface area contributed by atoms with Crippen molar-refractivity contribution in [3.05, 3.63) is 59.3 Å². The van der Waals surface area contributed by atoms with Crippen LogP contribution in [0.15, 0.2) is 53.8 Å². The zero-order chi connectivity index (χ0) is 43.6. The molecule has 5 fully saturated rings. The number of fused-ring (bicyclic) bond motifs is 7. The van der Waals surface area contributed by atoms with Gasteiger partial charge in [-0.1, -0.05) is 58.9 Å². The minimum Gasteiger partial charge on any atom is -0.475 e. The van der Waals surface area contributed by atoms with Crippen LogP contribution in [0.3, 0.4) is 0 Å². The highest BCUT2D eigenvalue weighted by atomic mass is 32.2. The van der Waals surface area contributed by atoms with Gasteiger partial charge in [0.2, 0.25) is 5.88 Å². The molecule has 6 aliphatic carbocycles. The van der Waals surface area contributed by atoms with Gasteiger partial charge in [0.05, 0.1) is 18.1 Å². The fourth-order valence-corrected chi connectivity index (χ4v) is 16.9. The van der Waals surface area contributed by atoms with Crippen molar-refractivity contribution >= 4 is 15.8 Å². The molecule has 0 amide bonds. The number of ether oxygens (including phenoxy) is 2. The lowest BCUT2D eigenvalue weighted by Gasteiger charge is -2.72. The van der Waals surface area contributed by atoms with Crippen LogP contribution < -0.4 is 10.1 Å². The molecule has 334 valence electrons. The van der Waals surface area contributed by atoms with Gasteiger partial charge in [-0.3, -0.25) is 4.79 Å². The Balaban J connectivity index is 1.01. The molecule has 61 heavy (non-hydrogen) atoms. The summed E-state index contributed by atoms with van der Waals surface area (Å²) in [6.45, 7) is 25.5. The molecule has 10 heteroatoms. The minimum atomic E-state index is -2.88. The first-order valence-corrected chi connectivity index (χ1v) is 25.6. The molecule has 0 unspecified atom stereocenters. The monoisotopic (exact) mass is 855 g/mol. The standard InChI is InChI=1S/C51H74N4O5S/c1-9-59-45(56)50(34-60-44-37(33-52)11-10-26-53-44)21-14-36(15-22-50)39-17-19-47(6)41(46(39,4)5)18-20-49(8)42(47)13-12-40-43-38(35(2)3)16-23-51(43,25-24-48(40,49)7)54-27-28-55-29-31-61(57,58)32-30-55/h10-11,14,17,26,38,40-43,54H,2,9,12-13,15-16,18-25,27-32,34H2,1,3-8H3/t38-,40+,41-,42+,43+,47-,48+,49+,50-,51-/m0/s1. The van der Waals surface area contributed by atoms with Crippen LogP contribution >= 0.6 is 0 Å². The Morgan fingerprint density at radius 2 is 1.75 bits per heavy atom. The summed E-state index contributed by atoms with van der Waals surface area (Å²) in [6, 6.07) is 5.57. The van der Waals surface area contributed by atoms with Crippen molar-refractivity contribution in [2.24, 2.45) is 56.7 Å². The molecule has 10 atom stereocenters. The summed E-state index contributed by atoms with van der Waals surface area (Å²) in [5, 5.41) is 13.9. The number of hydrogen-bond donors (Lipinski definition) is 1. The number of nitrogens with one attached hydrogen (secondary N) is 1. The van der Waals surface area contributed by atoms with Gasteiger partial charge in [-0.05, 0) is 165 Å². The molecule has 8 rings (SSSR count). The van der Waals surface area contributed by atoms with Crippen LogP contribution in [0.2, 0.25) is 0 Å². The number of allylic oxidation sites excluding steroid dienone is 5. The van der Waals surface area contributed by atoms with E-state index in [1.165, 1.54) is 68.1 Å². The molecule has 2 heterocycles. The van der Waals surface area contributed by atoms with Gasteiger partial charge < -0.3 is 19.7 Å². The lowest BCUT2D eigenvalue weighted by atomic mass is 9.33. The average Bonchev–Trinajstić information content (AvgIpc) is 3.61. The Bertz CT molecular complexity index is 2090. The number of esters is 1. The van der Waals surface area contributed by atoms with E-state index in [2.05, 4.69) is 81.5 Å². The summed E-state index contributed by atoms with van der Waals surface area (Å²) in [4.78, 5) is 20.3. The van der Waals surface area contributed by atoms with Gasteiger partial charge >= 0.3 is 5.97 Å². The van der Waals surface area contributed by atoms with Crippen LogP contribution in [0.4, 0.5) is 0 Å². The van der Waals surface area contributed by atoms with E-state index in [0.29, 0.717) is 67.7 Å². The summed E-state index contributed by atoms with van der Waals surface area (Å²) < 4.78 is 36.0. The number of sulfone groups is 1. The number of rotatable bonds is 11. The Morgan fingerprint density at radius 1 is 0.984 bits per heavy atom. The second-order valence-corrected chi connectivity index (χ2v) is 24.3. The molecule has 0 bridgehead atoms. The number of pyridine rings is 1. The van der Waals surface area contributed by atoms with Crippen molar-refractivity contribution in [1.29, 1.82) is 5.26 Å². The van der Waals surface area contributed by atoms with Crippen molar-refractivity contribution in [3.8, 4) is 11.9 Å². The summed E-state index contributed by atoms with van der Waals surface area (Å²) in [6.07, 6.45) is 19.6. The molecule has 1 aromatic heterocycles. The van der Waals surface area contributed by atoms with Gasteiger partial charge in [0, 0.05) is 37.9 Å². The van der Waals surface area contributed by atoms with E-state index in [-0.39, 0.29) is 57.2 Å². The average molecular weight is 855 g/mol. The Morgan fingerprint density at radius 3 is 2.44 bits per heavy atom. The lowest BCUT2D eigenvalue weighted by Crippen LogP contribution is -2.68. The molecule has 7 aliphatic rings. The maximum Gasteiger partial charge on any atom is 0.315 e. The predicted octanol–water partition coefficient (Wildman–Crippen LogP) is 9.26. The third-order valence-electron chi connectivity index (χ3n) is 19.0. The number of carbonyl (C=O) groups is 1. The van der Waals surface area contributed by atoms with E-state index in [1.54, 1.807) is 18.3 Å². The van der Waals surface area contributed by atoms with E-state index in [9.17, 15) is 18.5 Å². The molecule has 9 nitrogen and oxygen atoms in total. The highest BCUT2D eigenvalue weighted by Crippen LogP contribution is 2.76. The first-order valence-electron chi connectivity index (χ1n) is 23.8. The fourth-order valence-electron chi connectivity index (χ4n) is 15.6. The molecule has 1 aromatic rings. The number of hydrogen-bond acceptors (Lipinski definition) is 9. The van der Waals surface area contributed by atoms with Crippen LogP contribution in [0.25, 0.3) is 0 Å². The van der Waals surface area contributed by atoms with Crippen molar-refractivity contribution < 1.29 is 22.7 Å². The normalized spacial score (nSPS) is 40.1. The molecular weight excluding hydrogens is 781 g/mol. The van der Waals surface area contributed by atoms with E-state index < -0.39 is 15.3 Å². The summed E-state index contributed by atoms with van der Waals surface area (Å²) in [7, 11) is -2.88. The summed E-state index contributed by atoms with van der Waals surface area (Å²) >= 11 is 0. The lowest BCUT2D eigenvalue weighted by molar-refractivity contribution is -0.221. The van der Waals surface area contributed by atoms with Gasteiger partial charge in [0.25, 0.3) is 0 Å². The van der Waals surface area contributed by atoms with Gasteiger partial charge in [0.1, 0.15) is 23.7 Å². The van der Waals surface area contributed by atoms with Gasteiger partial charge in [-0.25, -0.2) is 13.4 Å². The van der Waals surface area contributed by atoms with Gasteiger partial charge in [-0.2, -0.15) is 5.26 Å². The zero-order valence-corrected chi connectivity index (χ0v) is 39.2. The third kappa shape index (κ3) is 7.37. The van der Waals surface area contributed by atoms with E-state index in [1.807, 2.05) is 6.92 Å². The van der Waals surface area contributed by atoms with Crippen LogP contribution in [-0.2, 0) is 19.4 Å². The summed E-state index contributed by atoms with van der Waals surface area (Å²) in [5.41, 5.74) is 4.57. The molecule has 1 N–H and O–H groups in total. The minimum absolute atomic E-state index is 0.00528. The highest BCUT2D eigenvalue weighted by molar-refractivity contribution is 7.91. The highest BCUT2D eigenvalue weighted by Gasteiger charge is 2.70. The third-order valence-corrected chi connectivity index (χ3v) is 20.6. The maximum atomic E-state index is 13.6. The molecule has 1 aliphatic heterocycles. The largest absolute Gasteiger partial charge is 0.475 e. The van der Waals surface area contributed by atoms with Gasteiger partial charge in [-0.15, -0.1) is 0 Å². The SMILES string of the molecule is C=C(C)[C@@H]1CC[C@]2(NCCN3CCS(=O)(=O)CC3)CC[C@]3(C)[C@H](CC[C@@H]4[C@@]5(C)CC=C(C6=CC[C@](COc7ncccc7C#N)(C(=O)OCC)CC6)C(C)(C)[C@@H]5CC[C@]43C)[C@@H]12. The van der Waals surface area contributed by atoms with Crippen LogP contribution in [0.1, 0.15) is 131 Å². The fraction of sp³-hybridized carbons (Fsp3) is 0.745. The molecular formula is C51H74N4O5S. The number of nitriles is 1. The van der Waals surface area contributed by atoms with Crippen molar-refractivity contribution in [2.45, 2.75) is 131 Å². The van der Waals surface area contributed by atoms with Crippen LogP contribution in [0, 0.1) is 68.0 Å². The van der Waals surface area contributed by atoms with Crippen molar-refractivity contribution in [3.63, 3.8) is 0 Å². The van der Waals surface area contributed by atoms with E-state index in [0.717, 1.165) is 25.9 Å². The zero-order valence-electron chi connectivity index (χ0n) is 38.4. The molecule has 0 radical (unpaired) electrons. The molecule has 1 saturated heterocycles. The smallest absolute Gasteiger partial charge is 0.315 e. The van der Waals surface area contributed by atoms with Crippen molar-refractivity contribution in [1.82, 2.24) is 15.2 Å². The van der Waals surface area contributed by atoms with Crippen LogP contribution in [0.5, 0.6) is 5.88 Å². The maximum absolute atomic E-state index is 13.6. The number of carbonyl (C=O) groups excluding carboxylic acids is 1. The molecule has 4 saturated carbocycles. The topological polar surface area (TPSA) is 122 Å². The second kappa shape index (κ2) is 16.2. The molecule has 0 aromatic carbocycles. The Hall–Kier alpha value is -3.00. The number of nitrogens with zero attached hydrogens (tertiary/aromatic N) is 3. The second-order valence-electron chi connectivity index (χ2n) is 22.0. The first kappa shape index (κ1) is 44.6. The van der Waals surface area contributed by atoms with Crippen LogP contribution in [-0.4, -0.2) is 80.7 Å².